The molecule has 0 saturated heterocycles. The number of carbonyl (C=O) groups excluding carboxylic acids is 3. The largest absolute Gasteiger partial charge is 0.324 e. The van der Waals surface area contributed by atoms with E-state index in [0.29, 0.717) is 18.1 Å². The molecule has 0 unspecified atom stereocenters. The van der Waals surface area contributed by atoms with E-state index in [2.05, 4.69) is 15.3 Å². The smallest absolute Gasteiger partial charge is 0.260 e. The van der Waals surface area contributed by atoms with Crippen LogP contribution in [0.4, 0.5) is 5.95 Å². The number of benzene rings is 2. The van der Waals surface area contributed by atoms with Gasteiger partial charge in [-0.3, -0.25) is 24.6 Å². The number of imidazole rings is 1. The fourth-order valence-corrected chi connectivity index (χ4v) is 4.68. The van der Waals surface area contributed by atoms with Crippen molar-refractivity contribution in [3.8, 4) is 0 Å². The Balaban J connectivity index is 1.17. The van der Waals surface area contributed by atoms with Gasteiger partial charge < -0.3 is 4.98 Å². The first-order chi connectivity index (χ1) is 15.1. The molecule has 0 bridgehead atoms. The molecule has 0 radical (unpaired) electrons. The molecule has 1 aliphatic carbocycles. The maximum absolute atomic E-state index is 12.8. The lowest BCUT2D eigenvalue weighted by molar-refractivity contribution is -0.129. The van der Waals surface area contributed by atoms with Crippen molar-refractivity contribution in [2.45, 2.75) is 32.1 Å². The van der Waals surface area contributed by atoms with Crippen molar-refractivity contribution in [3.05, 3.63) is 59.7 Å². The normalized spacial score (nSPS) is 21.2. The van der Waals surface area contributed by atoms with Crippen LogP contribution in [0, 0.1) is 11.8 Å². The van der Waals surface area contributed by atoms with Gasteiger partial charge in [0.2, 0.25) is 17.8 Å². The number of hydrogen-bond donors (Lipinski definition) is 2. The van der Waals surface area contributed by atoms with Crippen molar-refractivity contribution in [2.75, 3.05) is 11.9 Å². The predicted octanol–water partition coefficient (Wildman–Crippen LogP) is 3.53. The topological polar surface area (TPSA) is 95.2 Å². The molecule has 7 nitrogen and oxygen atoms in total. The fourth-order valence-electron chi connectivity index (χ4n) is 4.68. The summed E-state index contributed by atoms with van der Waals surface area (Å²) in [4.78, 5) is 46.9. The number of aromatic nitrogens is 2. The summed E-state index contributed by atoms with van der Waals surface area (Å²) in [6.07, 6.45) is 3.39. The van der Waals surface area contributed by atoms with E-state index in [0.717, 1.165) is 42.3 Å². The van der Waals surface area contributed by atoms with E-state index in [9.17, 15) is 14.4 Å². The van der Waals surface area contributed by atoms with E-state index in [4.69, 9.17) is 0 Å². The molecule has 1 aliphatic heterocycles. The van der Waals surface area contributed by atoms with Crippen molar-refractivity contribution in [1.82, 2.24) is 14.9 Å². The summed E-state index contributed by atoms with van der Waals surface area (Å²) in [6.45, 7) is 0.434. The molecule has 31 heavy (non-hydrogen) atoms. The predicted molar refractivity (Wildman–Crippen MR) is 116 cm³/mol. The maximum Gasteiger partial charge on any atom is 0.260 e. The van der Waals surface area contributed by atoms with E-state index in [1.165, 1.54) is 4.90 Å². The van der Waals surface area contributed by atoms with Gasteiger partial charge in [-0.15, -0.1) is 0 Å². The van der Waals surface area contributed by atoms with Crippen molar-refractivity contribution >= 4 is 34.7 Å². The molecule has 3 amide bonds. The Bertz CT molecular complexity index is 1130. The molecular weight excluding hydrogens is 392 g/mol. The zero-order chi connectivity index (χ0) is 21.4. The zero-order valence-corrected chi connectivity index (χ0v) is 17.1. The van der Waals surface area contributed by atoms with E-state index in [1.807, 2.05) is 42.5 Å². The second-order valence-electron chi connectivity index (χ2n) is 8.45. The fraction of sp³-hybridized carbons (Fsp3) is 0.333. The minimum absolute atomic E-state index is 0.0310. The Morgan fingerprint density at radius 1 is 1.03 bits per heavy atom. The second-order valence-corrected chi connectivity index (χ2v) is 8.45. The van der Waals surface area contributed by atoms with E-state index in [-0.39, 0.29) is 36.0 Å². The maximum atomic E-state index is 12.8. The van der Waals surface area contributed by atoms with Crippen LogP contribution in [-0.4, -0.2) is 39.1 Å². The van der Waals surface area contributed by atoms with Gasteiger partial charge in [-0.25, -0.2) is 4.98 Å². The SMILES string of the molecule is O=C(Nc1nc2ccccc2[nH]1)C1CCC(CN2C(=O)Cc3ccccc3C2=O)CC1. The molecule has 2 N–H and O–H groups in total. The van der Waals surface area contributed by atoms with Crippen molar-refractivity contribution in [1.29, 1.82) is 0 Å². The molecule has 1 saturated carbocycles. The lowest BCUT2D eigenvalue weighted by atomic mass is 9.81. The zero-order valence-electron chi connectivity index (χ0n) is 17.1. The summed E-state index contributed by atoms with van der Waals surface area (Å²) in [5.74, 6) is 0.254. The van der Waals surface area contributed by atoms with Gasteiger partial charge in [-0.2, -0.15) is 0 Å². The van der Waals surface area contributed by atoms with Crippen LogP contribution in [0.2, 0.25) is 0 Å². The number of carbonyl (C=O) groups is 3. The minimum atomic E-state index is -0.198. The second kappa shape index (κ2) is 7.98. The summed E-state index contributed by atoms with van der Waals surface area (Å²) in [5.41, 5.74) is 3.14. The van der Waals surface area contributed by atoms with Gasteiger partial charge in [0.15, 0.2) is 0 Å². The number of imide groups is 1. The summed E-state index contributed by atoms with van der Waals surface area (Å²) in [5, 5.41) is 2.90. The molecule has 0 spiro atoms. The third-order valence-corrected chi connectivity index (χ3v) is 6.42. The Morgan fingerprint density at radius 3 is 2.58 bits per heavy atom. The molecule has 1 fully saturated rings. The highest BCUT2D eigenvalue weighted by molar-refractivity contribution is 6.09. The average molecular weight is 416 g/mol. The highest BCUT2D eigenvalue weighted by atomic mass is 16.2. The van der Waals surface area contributed by atoms with Gasteiger partial charge in [-0.05, 0) is 55.4 Å². The first-order valence-electron chi connectivity index (χ1n) is 10.8. The number of para-hydroxylation sites is 2. The van der Waals surface area contributed by atoms with Gasteiger partial charge >= 0.3 is 0 Å². The third kappa shape index (κ3) is 3.83. The van der Waals surface area contributed by atoms with Crippen LogP contribution >= 0.6 is 0 Å². The molecule has 5 rings (SSSR count). The molecule has 1 aromatic heterocycles. The number of rotatable bonds is 4. The summed E-state index contributed by atoms with van der Waals surface area (Å²) >= 11 is 0. The summed E-state index contributed by atoms with van der Waals surface area (Å²) in [7, 11) is 0. The Hall–Kier alpha value is -3.48. The van der Waals surface area contributed by atoms with E-state index < -0.39 is 0 Å². The lowest BCUT2D eigenvalue weighted by Gasteiger charge is -2.33. The number of aromatic amines is 1. The monoisotopic (exact) mass is 416 g/mol. The Morgan fingerprint density at radius 2 is 1.77 bits per heavy atom. The van der Waals surface area contributed by atoms with E-state index in [1.54, 1.807) is 6.07 Å². The minimum Gasteiger partial charge on any atom is -0.324 e. The number of fused-ring (bicyclic) bond motifs is 2. The number of hydrogen-bond acceptors (Lipinski definition) is 4. The third-order valence-electron chi connectivity index (χ3n) is 6.42. The van der Waals surface area contributed by atoms with Gasteiger partial charge in [0.25, 0.3) is 5.91 Å². The number of amides is 3. The first kappa shape index (κ1) is 19.5. The van der Waals surface area contributed by atoms with Crippen molar-refractivity contribution in [2.24, 2.45) is 11.8 Å². The van der Waals surface area contributed by atoms with Gasteiger partial charge in [0.05, 0.1) is 17.5 Å². The molecule has 2 aromatic carbocycles. The molecule has 2 aliphatic rings. The number of H-pyrrole nitrogens is 1. The lowest BCUT2D eigenvalue weighted by Crippen LogP contribution is -2.45. The standard InChI is InChI=1S/C24H24N4O3/c29-21-13-17-5-1-2-6-18(17)23(31)28(21)14-15-9-11-16(12-10-15)22(30)27-24-25-19-7-3-4-8-20(19)26-24/h1-8,15-16H,9-14H2,(H2,25,26,27,30). The van der Waals surface area contributed by atoms with Crippen molar-refractivity contribution in [3.63, 3.8) is 0 Å². The van der Waals surface area contributed by atoms with Gasteiger partial charge in [0.1, 0.15) is 0 Å². The number of anilines is 1. The first-order valence-corrected chi connectivity index (χ1v) is 10.8. The van der Waals surface area contributed by atoms with E-state index >= 15 is 0 Å². The van der Waals surface area contributed by atoms with Crippen LogP contribution in [0.3, 0.4) is 0 Å². The molecule has 2 heterocycles. The average Bonchev–Trinajstić information content (AvgIpc) is 3.19. The molecule has 0 atom stereocenters. The quantitative estimate of drug-likeness (QED) is 0.636. The highest BCUT2D eigenvalue weighted by Crippen LogP contribution is 2.31. The van der Waals surface area contributed by atoms with Crippen LogP contribution in [0.5, 0.6) is 0 Å². The molecular formula is C24H24N4O3. The number of nitrogens with zero attached hydrogens (tertiary/aromatic N) is 2. The van der Waals surface area contributed by atoms with Gasteiger partial charge in [0, 0.05) is 18.0 Å². The van der Waals surface area contributed by atoms with Gasteiger partial charge in [-0.1, -0.05) is 30.3 Å². The van der Waals surface area contributed by atoms with Crippen molar-refractivity contribution < 1.29 is 14.4 Å². The molecule has 158 valence electrons. The van der Waals surface area contributed by atoms with Crippen LogP contribution in [-0.2, 0) is 16.0 Å². The number of nitrogens with one attached hydrogen (secondary N) is 2. The Labute approximate surface area is 179 Å². The van der Waals surface area contributed by atoms with Crippen LogP contribution < -0.4 is 5.32 Å². The molecule has 7 heteroatoms. The van der Waals surface area contributed by atoms with Crippen LogP contribution in [0.15, 0.2) is 48.5 Å². The van der Waals surface area contributed by atoms with Crippen LogP contribution in [0.1, 0.15) is 41.6 Å². The van der Waals surface area contributed by atoms with Crippen LogP contribution in [0.25, 0.3) is 11.0 Å². The summed E-state index contributed by atoms with van der Waals surface area (Å²) < 4.78 is 0. The summed E-state index contributed by atoms with van der Waals surface area (Å²) in [6, 6.07) is 15.0. The Kier molecular flexibility index (Phi) is 5.02. The highest BCUT2D eigenvalue weighted by Gasteiger charge is 2.34. The molecule has 3 aromatic rings.